The molecule has 0 atom stereocenters. The molecule has 0 amide bonds. The van der Waals surface area contributed by atoms with Gasteiger partial charge in [0.2, 0.25) is 11.8 Å². The second-order valence-corrected chi connectivity index (χ2v) is 11.7. The molecule has 4 aromatic rings. The van der Waals surface area contributed by atoms with Gasteiger partial charge in [0.15, 0.2) is 0 Å². The zero-order chi connectivity index (χ0) is 29.5. The van der Waals surface area contributed by atoms with Crippen LogP contribution in [-0.2, 0) is 22.7 Å². The summed E-state index contributed by atoms with van der Waals surface area (Å²) in [6.45, 7) is 10.1. The first-order valence-corrected chi connectivity index (χ1v) is 14.5. The number of aromatic nitrogens is 2. The van der Waals surface area contributed by atoms with E-state index >= 15 is 0 Å². The van der Waals surface area contributed by atoms with E-state index in [9.17, 15) is 4.79 Å². The fourth-order valence-electron chi connectivity index (χ4n) is 5.00. The topological polar surface area (TPSA) is 73.8 Å². The minimum Gasteiger partial charge on any atom is -0.473 e. The first-order valence-electron chi connectivity index (χ1n) is 14.5. The number of esters is 1. The van der Waals surface area contributed by atoms with Crippen molar-refractivity contribution in [3.05, 3.63) is 102 Å². The van der Waals surface area contributed by atoms with Crippen molar-refractivity contribution in [2.45, 2.75) is 59.4 Å². The van der Waals surface area contributed by atoms with Gasteiger partial charge < -0.3 is 19.1 Å². The highest BCUT2D eigenvalue weighted by molar-refractivity contribution is 5.74. The monoisotopic (exact) mass is 565 g/mol. The van der Waals surface area contributed by atoms with Crippen molar-refractivity contribution in [2.24, 2.45) is 5.92 Å². The van der Waals surface area contributed by atoms with Crippen LogP contribution in [0.3, 0.4) is 0 Å². The van der Waals surface area contributed by atoms with Crippen LogP contribution < -0.4 is 14.4 Å². The Morgan fingerprint density at radius 2 is 1.48 bits per heavy atom. The van der Waals surface area contributed by atoms with E-state index < -0.39 is 5.60 Å². The highest BCUT2D eigenvalue weighted by Gasteiger charge is 2.29. The van der Waals surface area contributed by atoms with E-state index in [-0.39, 0.29) is 11.9 Å². The summed E-state index contributed by atoms with van der Waals surface area (Å²) in [7, 11) is 0. The van der Waals surface area contributed by atoms with E-state index in [1.165, 1.54) is 0 Å². The van der Waals surface area contributed by atoms with Crippen molar-refractivity contribution in [3.63, 3.8) is 0 Å². The van der Waals surface area contributed by atoms with Gasteiger partial charge in [-0.15, -0.1) is 0 Å². The Balaban J connectivity index is 1.32. The molecule has 42 heavy (non-hydrogen) atoms. The van der Waals surface area contributed by atoms with Crippen LogP contribution in [0.15, 0.2) is 85.1 Å². The van der Waals surface area contributed by atoms with Crippen LogP contribution in [0.5, 0.6) is 11.8 Å². The van der Waals surface area contributed by atoms with Gasteiger partial charge in [0, 0.05) is 36.5 Å². The van der Waals surface area contributed by atoms with Crippen LogP contribution in [0, 0.1) is 12.8 Å². The molecule has 1 aliphatic rings. The van der Waals surface area contributed by atoms with Crippen LogP contribution in [0.2, 0.25) is 0 Å². The van der Waals surface area contributed by atoms with E-state index in [2.05, 4.69) is 17.9 Å². The number of aryl methyl sites for hydroxylation is 1. The molecular formula is C35H39N3O4. The molecule has 5 rings (SSSR count). The Labute approximate surface area is 248 Å². The number of hydrogen-bond acceptors (Lipinski definition) is 7. The number of hydrogen-bond donors (Lipinski definition) is 0. The van der Waals surface area contributed by atoms with Crippen molar-refractivity contribution in [3.8, 4) is 22.9 Å². The average molecular weight is 566 g/mol. The number of nitrogens with zero attached hydrogens (tertiary/aromatic N) is 3. The Morgan fingerprint density at radius 1 is 0.857 bits per heavy atom. The summed E-state index contributed by atoms with van der Waals surface area (Å²) >= 11 is 0. The summed E-state index contributed by atoms with van der Waals surface area (Å²) in [5.41, 5.74) is 4.54. The first-order chi connectivity index (χ1) is 20.2. The SMILES string of the molecule is Cc1cc(N2CCC(C(=O)OC(C)(C)C)CC2)ncc1-c1ccc(OCc2ccccc2)nc1OCc1ccccc1. The second-order valence-electron chi connectivity index (χ2n) is 11.7. The lowest BCUT2D eigenvalue weighted by atomic mass is 9.96. The maximum atomic E-state index is 12.5. The molecule has 0 radical (unpaired) electrons. The van der Waals surface area contributed by atoms with E-state index in [0.29, 0.717) is 25.0 Å². The lowest BCUT2D eigenvalue weighted by Gasteiger charge is -2.33. The predicted octanol–water partition coefficient (Wildman–Crippen LogP) is 7.17. The Morgan fingerprint density at radius 3 is 2.07 bits per heavy atom. The number of benzene rings is 2. The second kappa shape index (κ2) is 13.1. The third kappa shape index (κ3) is 7.66. The minimum atomic E-state index is -0.465. The van der Waals surface area contributed by atoms with Gasteiger partial charge in [0.05, 0.1) is 5.92 Å². The molecule has 218 valence electrons. The number of ether oxygens (including phenoxy) is 3. The van der Waals surface area contributed by atoms with Crippen LogP contribution in [0.4, 0.5) is 5.82 Å². The number of pyridine rings is 2. The number of piperidine rings is 1. The van der Waals surface area contributed by atoms with Crippen molar-refractivity contribution in [1.82, 2.24) is 9.97 Å². The van der Waals surface area contributed by atoms with Gasteiger partial charge >= 0.3 is 5.97 Å². The van der Waals surface area contributed by atoms with Gasteiger partial charge in [0.25, 0.3) is 0 Å². The van der Waals surface area contributed by atoms with Crippen molar-refractivity contribution in [2.75, 3.05) is 18.0 Å². The lowest BCUT2D eigenvalue weighted by Crippen LogP contribution is -2.39. The Kier molecular flexibility index (Phi) is 9.06. The molecule has 0 aliphatic carbocycles. The van der Waals surface area contributed by atoms with Crippen LogP contribution in [0.25, 0.3) is 11.1 Å². The molecule has 2 aromatic carbocycles. The molecule has 7 nitrogen and oxygen atoms in total. The van der Waals surface area contributed by atoms with Crippen LogP contribution >= 0.6 is 0 Å². The van der Waals surface area contributed by atoms with E-state index in [1.807, 2.05) is 99.8 Å². The third-order valence-corrected chi connectivity index (χ3v) is 7.23. The Bertz CT molecular complexity index is 1480. The lowest BCUT2D eigenvalue weighted by molar-refractivity contribution is -0.160. The largest absolute Gasteiger partial charge is 0.473 e. The highest BCUT2D eigenvalue weighted by atomic mass is 16.6. The molecule has 3 heterocycles. The van der Waals surface area contributed by atoms with Crippen molar-refractivity contribution < 1.29 is 19.0 Å². The molecule has 0 spiro atoms. The highest BCUT2D eigenvalue weighted by Crippen LogP contribution is 2.35. The van der Waals surface area contributed by atoms with Crippen molar-refractivity contribution >= 4 is 11.8 Å². The molecular weight excluding hydrogens is 526 g/mol. The van der Waals surface area contributed by atoms with E-state index in [4.69, 9.17) is 24.2 Å². The molecule has 7 heteroatoms. The van der Waals surface area contributed by atoms with Gasteiger partial charge in [0.1, 0.15) is 24.6 Å². The molecule has 1 fully saturated rings. The average Bonchev–Trinajstić information content (AvgIpc) is 2.99. The predicted molar refractivity (Wildman–Crippen MR) is 165 cm³/mol. The number of carbonyl (C=O) groups is 1. The summed E-state index contributed by atoms with van der Waals surface area (Å²) in [6, 6.07) is 26.0. The van der Waals surface area contributed by atoms with Crippen LogP contribution in [-0.4, -0.2) is 34.6 Å². The van der Waals surface area contributed by atoms with E-state index in [0.717, 1.165) is 59.6 Å². The quantitative estimate of drug-likeness (QED) is 0.199. The fourth-order valence-corrected chi connectivity index (χ4v) is 5.00. The standard InChI is InChI=1S/C35H39N3O4/c1-25-21-31(38-19-17-28(18-20-38)34(39)42-35(2,3)4)36-22-30(25)29-15-16-32(40-23-26-11-7-5-8-12-26)37-33(29)41-24-27-13-9-6-10-14-27/h5-16,21-22,28H,17-20,23-24H2,1-4H3. The Hall–Kier alpha value is -4.39. The third-order valence-electron chi connectivity index (χ3n) is 7.23. The molecule has 0 unspecified atom stereocenters. The maximum absolute atomic E-state index is 12.5. The smallest absolute Gasteiger partial charge is 0.309 e. The minimum absolute atomic E-state index is 0.0705. The summed E-state index contributed by atoms with van der Waals surface area (Å²) in [5, 5.41) is 0. The molecule has 1 saturated heterocycles. The van der Waals surface area contributed by atoms with Crippen LogP contribution in [0.1, 0.15) is 50.3 Å². The fraction of sp³-hybridized carbons (Fsp3) is 0.343. The summed E-state index contributed by atoms with van der Waals surface area (Å²) in [4.78, 5) is 24.4. The summed E-state index contributed by atoms with van der Waals surface area (Å²) in [6.07, 6.45) is 3.40. The van der Waals surface area contributed by atoms with Gasteiger partial charge in [-0.3, -0.25) is 4.79 Å². The maximum Gasteiger partial charge on any atom is 0.309 e. The van der Waals surface area contributed by atoms with Crippen molar-refractivity contribution in [1.29, 1.82) is 0 Å². The van der Waals surface area contributed by atoms with E-state index in [1.54, 1.807) is 0 Å². The number of rotatable bonds is 9. The van der Waals surface area contributed by atoms with Gasteiger partial charge in [-0.05, 0) is 69.4 Å². The molecule has 1 aliphatic heterocycles. The zero-order valence-electron chi connectivity index (χ0n) is 24.9. The molecule has 2 aromatic heterocycles. The summed E-state index contributed by atoms with van der Waals surface area (Å²) < 4.78 is 17.9. The normalized spacial score (nSPS) is 14.0. The molecule has 0 bridgehead atoms. The molecule has 0 saturated carbocycles. The van der Waals surface area contributed by atoms with Gasteiger partial charge in [-0.25, -0.2) is 4.98 Å². The van der Waals surface area contributed by atoms with Gasteiger partial charge in [-0.2, -0.15) is 4.98 Å². The van der Waals surface area contributed by atoms with Gasteiger partial charge in [-0.1, -0.05) is 60.7 Å². The molecule has 0 N–H and O–H groups in total. The first kappa shape index (κ1) is 29.1. The number of carbonyl (C=O) groups excluding carboxylic acids is 1. The number of anilines is 1. The summed E-state index contributed by atoms with van der Waals surface area (Å²) in [5.74, 6) is 1.73. The zero-order valence-corrected chi connectivity index (χ0v) is 24.9.